The first-order chi connectivity index (χ1) is 5.71. The van der Waals surface area contributed by atoms with Crippen LogP contribution < -0.4 is 0 Å². The molecule has 0 aliphatic rings. The summed E-state index contributed by atoms with van der Waals surface area (Å²) in [5, 5.41) is 0. The summed E-state index contributed by atoms with van der Waals surface area (Å²) in [5.41, 5.74) is 0. The zero-order valence-corrected chi connectivity index (χ0v) is 8.79. The molecule has 16 heavy (non-hydrogen) atoms. The van der Waals surface area contributed by atoms with E-state index < -0.39 is 23.5 Å². The molecule has 0 aliphatic carbocycles. The summed E-state index contributed by atoms with van der Waals surface area (Å²) in [6.07, 6.45) is 0. The molecule has 11 nitrogen and oxygen atoms in total. The number of hydrogen-bond acceptors (Lipinski definition) is 4. The van der Waals surface area contributed by atoms with Crippen molar-refractivity contribution in [2.45, 2.75) is 0 Å². The number of rotatable bonds is 2. The average Bonchev–Trinajstić information content (AvgIpc) is 1.42. The van der Waals surface area contributed by atoms with Crippen LogP contribution in [0.1, 0.15) is 0 Å². The van der Waals surface area contributed by atoms with Crippen molar-refractivity contribution in [1.82, 2.24) is 0 Å². The summed E-state index contributed by atoms with van der Waals surface area (Å²) >= 11 is 0. The molecule has 92 valence electrons. The zero-order valence-electron chi connectivity index (χ0n) is 6.11. The van der Waals surface area contributed by atoms with Gasteiger partial charge in [0.05, 0.1) is 0 Å². The van der Waals surface area contributed by atoms with Gasteiger partial charge in [0.15, 0.2) is 0 Å². The summed E-state index contributed by atoms with van der Waals surface area (Å²) < 4.78 is 31.1. The van der Waals surface area contributed by atoms with Crippen LogP contribution in [0.4, 0.5) is 0 Å². The molecule has 0 aromatic carbocycles. The Morgan fingerprint density at radius 3 is 0.750 bits per heavy atom. The van der Waals surface area contributed by atoms with Crippen molar-refractivity contribution < 1.29 is 52.3 Å². The van der Waals surface area contributed by atoms with Crippen molar-refractivity contribution >= 4 is 126 Å². The van der Waals surface area contributed by atoms with Crippen LogP contribution in [0, 0.1) is 0 Å². The maximum atomic E-state index is 9.63. The van der Waals surface area contributed by atoms with Crippen LogP contribution >= 0.6 is 23.5 Å². The average molecular weight is 356 g/mol. The fourth-order valence-electron chi connectivity index (χ4n) is 0.139. The van der Waals surface area contributed by atoms with Crippen LogP contribution in [0.25, 0.3) is 0 Å². The fraction of sp³-hybridized carbons (Fsp3) is 0. The molecule has 0 amide bonds. The van der Waals surface area contributed by atoms with E-state index in [0.717, 1.165) is 0 Å². The molecule has 0 rings (SSSR count). The third-order valence-electron chi connectivity index (χ3n) is 0.213. The van der Waals surface area contributed by atoms with Gasteiger partial charge in [-0.05, 0) is 0 Å². The van der Waals surface area contributed by atoms with E-state index in [-0.39, 0.29) is 103 Å². The Balaban J connectivity index is -0.0000000904. The van der Waals surface area contributed by atoms with E-state index in [9.17, 15) is 9.13 Å². The van der Waals surface area contributed by atoms with Crippen molar-refractivity contribution in [3.05, 3.63) is 0 Å². The fourth-order valence-corrected chi connectivity index (χ4v) is 1.25. The third-order valence-corrected chi connectivity index (χ3v) is 1.91. The molecule has 0 saturated heterocycles. The number of phosphoric acid groups is 3. The second kappa shape index (κ2) is 11.3. The van der Waals surface area contributed by atoms with Crippen molar-refractivity contribution in [2.75, 3.05) is 0 Å². The SMILES string of the molecule is O=P(O)(O)O.O=P(O)(O)OP(=O)(O)O.[KH].[KH]. The van der Waals surface area contributed by atoms with E-state index in [2.05, 4.69) is 4.31 Å². The van der Waals surface area contributed by atoms with Gasteiger partial charge >= 0.3 is 126 Å². The molecule has 0 atom stereocenters. The van der Waals surface area contributed by atoms with Gasteiger partial charge in [-0.15, -0.1) is 0 Å². The van der Waals surface area contributed by atoms with Gasteiger partial charge in [-0.2, -0.15) is 4.31 Å². The summed E-state index contributed by atoms with van der Waals surface area (Å²) in [6.45, 7) is 0. The van der Waals surface area contributed by atoms with Gasteiger partial charge in [0.2, 0.25) is 0 Å². The first-order valence-electron chi connectivity index (χ1n) is 2.31. The zero-order chi connectivity index (χ0) is 12.2. The first-order valence-corrected chi connectivity index (χ1v) is 6.94. The Morgan fingerprint density at radius 2 is 0.750 bits per heavy atom. The van der Waals surface area contributed by atoms with Crippen LogP contribution in [0.5, 0.6) is 0 Å². The third kappa shape index (κ3) is 52.6. The molecule has 0 saturated carbocycles. The monoisotopic (exact) mass is 356 g/mol. The standard InChI is InChI=1S/2K.H4O7P2.H3O4P.2H/c;;1-8(2,3)7-9(4,5)6;1-5(2,3)4;;/h;;(H2,1,2,3)(H2,4,5,6);(H3,1,2,3,4);;. The van der Waals surface area contributed by atoms with Gasteiger partial charge in [-0.25, -0.2) is 13.7 Å². The summed E-state index contributed by atoms with van der Waals surface area (Å²) in [5.74, 6) is 0. The van der Waals surface area contributed by atoms with Crippen molar-refractivity contribution in [3.63, 3.8) is 0 Å². The van der Waals surface area contributed by atoms with E-state index in [1.165, 1.54) is 0 Å². The minimum absolute atomic E-state index is 0. The first kappa shape index (κ1) is 27.9. The predicted molar refractivity (Wildman–Crippen MR) is 53.7 cm³/mol. The molecule has 0 unspecified atom stereocenters. The van der Waals surface area contributed by atoms with E-state index in [1.807, 2.05) is 0 Å². The van der Waals surface area contributed by atoms with Gasteiger partial charge in [0.1, 0.15) is 0 Å². The molecule has 16 heteroatoms. The Morgan fingerprint density at radius 1 is 0.625 bits per heavy atom. The second-order valence-electron chi connectivity index (χ2n) is 1.58. The van der Waals surface area contributed by atoms with Crippen LogP contribution in [-0.4, -0.2) is 137 Å². The molecule has 7 N–H and O–H groups in total. The normalized spacial score (nSPS) is 11.4. The molecular formula is H9K2O11P3. The Kier molecular flexibility index (Phi) is 19.7. The summed E-state index contributed by atoms with van der Waals surface area (Å²) in [4.78, 5) is 52.6. The molecule has 0 heterocycles. The van der Waals surface area contributed by atoms with E-state index in [1.54, 1.807) is 0 Å². The number of hydrogen-bond donors (Lipinski definition) is 7. The topological polar surface area (TPSA) is 202 Å². The molecule has 0 spiro atoms. The van der Waals surface area contributed by atoms with E-state index in [4.69, 9.17) is 38.8 Å². The van der Waals surface area contributed by atoms with Gasteiger partial charge in [-0.1, -0.05) is 0 Å². The van der Waals surface area contributed by atoms with Crippen molar-refractivity contribution in [3.8, 4) is 0 Å². The second-order valence-corrected chi connectivity index (χ2v) is 5.22. The van der Waals surface area contributed by atoms with Crippen molar-refractivity contribution in [2.24, 2.45) is 0 Å². The molecule has 0 aliphatic heterocycles. The molecule has 0 bridgehead atoms. The van der Waals surface area contributed by atoms with E-state index in [0.29, 0.717) is 0 Å². The van der Waals surface area contributed by atoms with Crippen LogP contribution in [0.3, 0.4) is 0 Å². The van der Waals surface area contributed by atoms with Gasteiger partial charge < -0.3 is 34.3 Å². The van der Waals surface area contributed by atoms with Gasteiger partial charge in [-0.3, -0.25) is 0 Å². The van der Waals surface area contributed by atoms with E-state index >= 15 is 0 Å². The van der Waals surface area contributed by atoms with Crippen LogP contribution in [0.15, 0.2) is 0 Å². The Hall–Kier alpha value is 3.64. The van der Waals surface area contributed by atoms with Crippen LogP contribution in [-0.2, 0) is 18.0 Å². The maximum absolute atomic E-state index is 9.63. The summed E-state index contributed by atoms with van der Waals surface area (Å²) in [7, 11) is -14.7. The van der Waals surface area contributed by atoms with Gasteiger partial charge in [0, 0.05) is 0 Å². The van der Waals surface area contributed by atoms with Crippen LogP contribution in [0.2, 0.25) is 0 Å². The molecule has 0 aromatic rings. The Bertz CT molecular complexity index is 262. The molecule has 0 radical (unpaired) electrons. The molecule has 0 aromatic heterocycles. The summed E-state index contributed by atoms with van der Waals surface area (Å²) in [6, 6.07) is 0. The van der Waals surface area contributed by atoms with Crippen molar-refractivity contribution in [1.29, 1.82) is 0 Å². The molecular weight excluding hydrogens is 347 g/mol. The molecule has 0 fully saturated rings. The van der Waals surface area contributed by atoms with Gasteiger partial charge in [0.25, 0.3) is 0 Å². The quantitative estimate of drug-likeness (QED) is 0.196. The Labute approximate surface area is 175 Å². The minimum atomic E-state index is -5.05. The predicted octanol–water partition coefficient (Wildman–Crippen LogP) is -3.04.